The largest absolute Gasteiger partial charge is 0.389 e. The third-order valence-electron chi connectivity index (χ3n) is 2.83. The summed E-state index contributed by atoms with van der Waals surface area (Å²) in [6, 6.07) is 4.57. The summed E-state index contributed by atoms with van der Waals surface area (Å²) in [4.78, 5) is 23.9. The van der Waals surface area contributed by atoms with Gasteiger partial charge in [-0.3, -0.25) is 14.5 Å². The van der Waals surface area contributed by atoms with E-state index in [9.17, 15) is 14.0 Å². The van der Waals surface area contributed by atoms with E-state index in [0.29, 0.717) is 0 Å². The van der Waals surface area contributed by atoms with E-state index in [1.807, 2.05) is 0 Å². The number of amides is 2. The van der Waals surface area contributed by atoms with Crippen LogP contribution < -0.4 is 5.73 Å². The zero-order valence-electron chi connectivity index (χ0n) is 9.48. The molecule has 2 amide bonds. The number of likely N-dealkylation sites (tertiary alicyclic amines) is 1. The van der Waals surface area contributed by atoms with Crippen molar-refractivity contribution < 1.29 is 14.0 Å². The zero-order chi connectivity index (χ0) is 13.3. The van der Waals surface area contributed by atoms with Crippen LogP contribution >= 0.6 is 12.2 Å². The maximum atomic E-state index is 14.0. The molecule has 2 N–H and O–H groups in total. The average Bonchev–Trinajstić information content (AvgIpc) is 2.63. The van der Waals surface area contributed by atoms with Crippen molar-refractivity contribution in [2.75, 3.05) is 0 Å². The normalized spacial score (nSPS) is 15.3. The fourth-order valence-corrected chi connectivity index (χ4v) is 2.02. The van der Waals surface area contributed by atoms with E-state index in [2.05, 4.69) is 0 Å². The predicted octanol–water partition coefficient (Wildman–Crippen LogP) is 1.11. The summed E-state index contributed by atoms with van der Waals surface area (Å²) < 4.78 is 14.0. The number of carbonyl (C=O) groups excluding carboxylic acids is 2. The molecule has 0 spiro atoms. The molecule has 0 saturated carbocycles. The Bertz CT molecular complexity index is 529. The van der Waals surface area contributed by atoms with Gasteiger partial charge in [0, 0.05) is 24.0 Å². The fraction of sp³-hybridized carbons (Fsp3) is 0.250. The van der Waals surface area contributed by atoms with Gasteiger partial charge in [0.1, 0.15) is 10.8 Å². The van der Waals surface area contributed by atoms with E-state index in [-0.39, 0.29) is 47.3 Å². The summed E-state index contributed by atoms with van der Waals surface area (Å²) in [6.45, 7) is -0.0695. The fourth-order valence-electron chi connectivity index (χ4n) is 1.86. The molecule has 0 aliphatic carbocycles. The molecule has 1 heterocycles. The molecule has 0 unspecified atom stereocenters. The molecule has 1 aromatic carbocycles. The molecule has 0 bridgehead atoms. The SMILES string of the molecule is NC(=S)c1cccc(CN2C(=O)CCC2=O)c1F. The van der Waals surface area contributed by atoms with Gasteiger partial charge in [-0.25, -0.2) is 4.39 Å². The highest BCUT2D eigenvalue weighted by atomic mass is 32.1. The Balaban J connectivity index is 2.30. The highest BCUT2D eigenvalue weighted by Crippen LogP contribution is 2.19. The molecule has 18 heavy (non-hydrogen) atoms. The second-order valence-corrected chi connectivity index (χ2v) is 4.46. The van der Waals surface area contributed by atoms with Crippen LogP contribution in [0.2, 0.25) is 0 Å². The maximum Gasteiger partial charge on any atom is 0.229 e. The van der Waals surface area contributed by atoms with E-state index in [4.69, 9.17) is 18.0 Å². The number of benzene rings is 1. The van der Waals surface area contributed by atoms with Crippen molar-refractivity contribution in [2.24, 2.45) is 5.73 Å². The van der Waals surface area contributed by atoms with Crippen LogP contribution in [-0.2, 0) is 16.1 Å². The molecule has 0 radical (unpaired) electrons. The van der Waals surface area contributed by atoms with Gasteiger partial charge in [-0.05, 0) is 6.07 Å². The van der Waals surface area contributed by atoms with E-state index >= 15 is 0 Å². The second-order valence-electron chi connectivity index (χ2n) is 4.02. The number of imide groups is 1. The minimum Gasteiger partial charge on any atom is -0.389 e. The number of hydrogen-bond donors (Lipinski definition) is 1. The molecule has 1 aliphatic heterocycles. The van der Waals surface area contributed by atoms with Crippen molar-refractivity contribution in [3.8, 4) is 0 Å². The zero-order valence-corrected chi connectivity index (χ0v) is 10.3. The van der Waals surface area contributed by atoms with Crippen LogP contribution in [0.15, 0.2) is 18.2 Å². The molecule has 1 aromatic rings. The van der Waals surface area contributed by atoms with Crippen molar-refractivity contribution in [1.29, 1.82) is 0 Å². The number of nitrogens with two attached hydrogens (primary N) is 1. The lowest BCUT2D eigenvalue weighted by Crippen LogP contribution is -2.29. The smallest absolute Gasteiger partial charge is 0.229 e. The van der Waals surface area contributed by atoms with Gasteiger partial charge in [-0.1, -0.05) is 24.4 Å². The van der Waals surface area contributed by atoms with Gasteiger partial charge >= 0.3 is 0 Å². The van der Waals surface area contributed by atoms with Gasteiger partial charge in [0.25, 0.3) is 0 Å². The van der Waals surface area contributed by atoms with Crippen molar-refractivity contribution in [3.63, 3.8) is 0 Å². The quantitative estimate of drug-likeness (QED) is 0.657. The van der Waals surface area contributed by atoms with Gasteiger partial charge < -0.3 is 5.73 Å². The van der Waals surface area contributed by atoms with Crippen molar-refractivity contribution in [1.82, 2.24) is 4.90 Å². The highest BCUT2D eigenvalue weighted by Gasteiger charge is 2.29. The lowest BCUT2D eigenvalue weighted by atomic mass is 10.1. The van der Waals surface area contributed by atoms with E-state index in [1.165, 1.54) is 12.1 Å². The summed E-state index contributed by atoms with van der Waals surface area (Å²) in [5.41, 5.74) is 5.76. The van der Waals surface area contributed by atoms with Crippen LogP contribution in [0.1, 0.15) is 24.0 Å². The van der Waals surface area contributed by atoms with Crippen molar-refractivity contribution >= 4 is 29.0 Å². The first-order valence-corrected chi connectivity index (χ1v) is 5.82. The Labute approximate surface area is 109 Å². The Morgan fingerprint density at radius 3 is 2.50 bits per heavy atom. The number of thiocarbonyl (C=S) groups is 1. The number of carbonyl (C=O) groups is 2. The first-order chi connectivity index (χ1) is 8.50. The Morgan fingerprint density at radius 1 is 1.33 bits per heavy atom. The highest BCUT2D eigenvalue weighted by molar-refractivity contribution is 7.80. The first-order valence-electron chi connectivity index (χ1n) is 5.41. The minimum atomic E-state index is -0.572. The molecule has 1 aliphatic rings. The van der Waals surface area contributed by atoms with E-state index in [0.717, 1.165) is 4.90 Å². The third kappa shape index (κ3) is 2.24. The molecule has 2 rings (SSSR count). The lowest BCUT2D eigenvalue weighted by Gasteiger charge is -2.15. The summed E-state index contributed by atoms with van der Waals surface area (Å²) in [5, 5.41) is 0. The third-order valence-corrected chi connectivity index (χ3v) is 3.05. The second kappa shape index (κ2) is 4.81. The Hall–Kier alpha value is -1.82. The van der Waals surface area contributed by atoms with Crippen molar-refractivity contribution in [2.45, 2.75) is 19.4 Å². The van der Waals surface area contributed by atoms with Crippen LogP contribution in [0.5, 0.6) is 0 Å². The molecule has 6 heteroatoms. The number of halogens is 1. The molecule has 0 aromatic heterocycles. The van der Waals surface area contributed by atoms with Gasteiger partial charge in [0.15, 0.2) is 0 Å². The van der Waals surface area contributed by atoms with E-state index < -0.39 is 5.82 Å². The molecule has 1 saturated heterocycles. The predicted molar refractivity (Wildman–Crippen MR) is 67.1 cm³/mol. The standard InChI is InChI=1S/C12H11FN2O2S/c13-11-7(2-1-3-8(11)12(14)18)6-15-9(16)4-5-10(15)17/h1-3H,4-6H2,(H2,14,18). The topological polar surface area (TPSA) is 63.4 Å². The van der Waals surface area contributed by atoms with E-state index in [1.54, 1.807) is 6.07 Å². The maximum absolute atomic E-state index is 14.0. The number of rotatable bonds is 3. The van der Waals surface area contributed by atoms with Crippen LogP contribution in [0.3, 0.4) is 0 Å². The summed E-state index contributed by atoms with van der Waals surface area (Å²) >= 11 is 4.73. The van der Waals surface area contributed by atoms with Crippen LogP contribution in [0, 0.1) is 5.82 Å². The van der Waals surface area contributed by atoms with Gasteiger partial charge in [-0.15, -0.1) is 0 Å². The molecule has 94 valence electrons. The van der Waals surface area contributed by atoms with Crippen molar-refractivity contribution in [3.05, 3.63) is 35.1 Å². The summed E-state index contributed by atoms with van der Waals surface area (Å²) in [6.07, 6.45) is 0.380. The Morgan fingerprint density at radius 2 is 1.94 bits per heavy atom. The Kier molecular flexibility index (Phi) is 3.38. The number of hydrogen-bond acceptors (Lipinski definition) is 3. The van der Waals surface area contributed by atoms with Gasteiger partial charge in [-0.2, -0.15) is 0 Å². The van der Waals surface area contributed by atoms with Gasteiger partial charge in [0.2, 0.25) is 11.8 Å². The minimum absolute atomic E-state index is 0.0478. The summed E-state index contributed by atoms with van der Waals surface area (Å²) in [5.74, 6) is -1.13. The molecule has 0 atom stereocenters. The average molecular weight is 266 g/mol. The molecular formula is C12H11FN2O2S. The molecule has 4 nitrogen and oxygen atoms in total. The summed E-state index contributed by atoms with van der Waals surface area (Å²) in [7, 11) is 0. The number of nitrogens with zero attached hydrogens (tertiary/aromatic N) is 1. The van der Waals surface area contributed by atoms with Crippen LogP contribution in [0.25, 0.3) is 0 Å². The lowest BCUT2D eigenvalue weighted by molar-refractivity contribution is -0.139. The molecular weight excluding hydrogens is 255 g/mol. The van der Waals surface area contributed by atoms with Crippen LogP contribution in [-0.4, -0.2) is 21.7 Å². The first kappa shape index (κ1) is 12.6. The monoisotopic (exact) mass is 266 g/mol. The van der Waals surface area contributed by atoms with Gasteiger partial charge in [0.05, 0.1) is 6.54 Å². The molecule has 1 fully saturated rings. The van der Waals surface area contributed by atoms with Crippen LogP contribution in [0.4, 0.5) is 4.39 Å².